The van der Waals surface area contributed by atoms with E-state index in [-0.39, 0.29) is 23.2 Å². The highest BCUT2D eigenvalue weighted by Crippen LogP contribution is 2.22. The Hall–Kier alpha value is -0.520. The fraction of sp³-hybridized carbons (Fsp3) is 0.400. The Kier molecular flexibility index (Phi) is 4.63. The first kappa shape index (κ1) is 12.5. The monoisotopic (exact) mass is 279 g/mol. The lowest BCUT2D eigenvalue weighted by molar-refractivity contribution is 0.214. The second-order valence-electron chi connectivity index (χ2n) is 3.28. The smallest absolute Gasteiger partial charge is 0.144 e. The molecule has 0 amide bonds. The van der Waals surface area contributed by atoms with Gasteiger partial charge in [0.2, 0.25) is 0 Å². The molecule has 0 aliphatic heterocycles. The summed E-state index contributed by atoms with van der Waals surface area (Å²) in [6, 6.07) is 2.55. The third-order valence-corrected chi connectivity index (χ3v) is 2.66. The van der Waals surface area contributed by atoms with Crippen LogP contribution >= 0.6 is 15.9 Å². The highest BCUT2D eigenvalue weighted by Gasteiger charge is 2.13. The van der Waals surface area contributed by atoms with Gasteiger partial charge in [0.15, 0.2) is 0 Å². The number of likely N-dealkylation sites (N-methyl/N-ethyl adjacent to an activating group) is 1. The van der Waals surface area contributed by atoms with Crippen molar-refractivity contribution in [3.63, 3.8) is 0 Å². The number of nitrogens with zero attached hydrogens (tertiary/aromatic N) is 1. The molecule has 1 rings (SSSR count). The van der Waals surface area contributed by atoms with E-state index in [9.17, 15) is 8.78 Å². The number of aliphatic hydroxyl groups is 1. The van der Waals surface area contributed by atoms with Gasteiger partial charge in [0.25, 0.3) is 0 Å². The van der Waals surface area contributed by atoms with Gasteiger partial charge in [-0.2, -0.15) is 0 Å². The Labute approximate surface area is 95.6 Å². The van der Waals surface area contributed by atoms with Crippen molar-refractivity contribution >= 4 is 15.9 Å². The lowest BCUT2D eigenvalue weighted by Gasteiger charge is -2.16. The SMILES string of the molecule is CN(CCO)Cc1c(F)ccc(Br)c1F. The van der Waals surface area contributed by atoms with Crippen LogP contribution in [-0.4, -0.2) is 30.2 Å². The number of rotatable bonds is 4. The van der Waals surface area contributed by atoms with Crippen LogP contribution in [0.5, 0.6) is 0 Å². The summed E-state index contributed by atoms with van der Waals surface area (Å²) < 4.78 is 27.0. The van der Waals surface area contributed by atoms with Crippen LogP contribution in [0.4, 0.5) is 8.78 Å². The molecule has 0 spiro atoms. The molecule has 1 N–H and O–H groups in total. The summed E-state index contributed by atoms with van der Waals surface area (Å²) in [6.07, 6.45) is 0. The first-order chi connectivity index (χ1) is 7.06. The van der Waals surface area contributed by atoms with E-state index in [2.05, 4.69) is 15.9 Å². The van der Waals surface area contributed by atoms with E-state index in [1.807, 2.05) is 0 Å². The molecule has 0 fully saturated rings. The van der Waals surface area contributed by atoms with E-state index in [0.717, 1.165) is 0 Å². The topological polar surface area (TPSA) is 23.5 Å². The Morgan fingerprint density at radius 1 is 1.40 bits per heavy atom. The van der Waals surface area contributed by atoms with Crippen LogP contribution < -0.4 is 0 Å². The van der Waals surface area contributed by atoms with Crippen molar-refractivity contribution in [2.24, 2.45) is 0 Å². The predicted molar refractivity (Wildman–Crippen MR) is 57.5 cm³/mol. The van der Waals surface area contributed by atoms with E-state index < -0.39 is 11.6 Å². The minimum Gasteiger partial charge on any atom is -0.395 e. The van der Waals surface area contributed by atoms with Gasteiger partial charge in [0.05, 0.1) is 11.1 Å². The number of hydrogen-bond acceptors (Lipinski definition) is 2. The molecule has 2 nitrogen and oxygen atoms in total. The van der Waals surface area contributed by atoms with Crippen LogP contribution in [0.15, 0.2) is 16.6 Å². The molecule has 15 heavy (non-hydrogen) atoms. The Balaban J connectivity index is 2.88. The fourth-order valence-corrected chi connectivity index (χ4v) is 1.61. The number of benzene rings is 1. The molecule has 0 aliphatic carbocycles. The lowest BCUT2D eigenvalue weighted by Crippen LogP contribution is -2.22. The largest absolute Gasteiger partial charge is 0.395 e. The third kappa shape index (κ3) is 3.22. The molecular weight excluding hydrogens is 268 g/mol. The molecule has 1 aromatic carbocycles. The first-order valence-electron chi connectivity index (χ1n) is 4.48. The maximum Gasteiger partial charge on any atom is 0.144 e. The molecule has 0 saturated heterocycles. The summed E-state index contributed by atoms with van der Waals surface area (Å²) in [4.78, 5) is 1.65. The van der Waals surface area contributed by atoms with Crippen molar-refractivity contribution in [3.05, 3.63) is 33.8 Å². The molecule has 0 saturated carbocycles. The van der Waals surface area contributed by atoms with Gasteiger partial charge in [0.1, 0.15) is 11.6 Å². The van der Waals surface area contributed by atoms with Crippen LogP contribution in [-0.2, 0) is 6.54 Å². The van der Waals surface area contributed by atoms with Crippen molar-refractivity contribution in [1.82, 2.24) is 4.90 Å². The summed E-state index contributed by atoms with van der Waals surface area (Å²) in [6.45, 7) is 0.483. The highest BCUT2D eigenvalue weighted by atomic mass is 79.9. The zero-order valence-electron chi connectivity index (χ0n) is 8.30. The van der Waals surface area contributed by atoms with Gasteiger partial charge in [0, 0.05) is 18.7 Å². The van der Waals surface area contributed by atoms with E-state index in [4.69, 9.17) is 5.11 Å². The summed E-state index contributed by atoms with van der Waals surface area (Å²) in [5, 5.41) is 8.67. The highest BCUT2D eigenvalue weighted by molar-refractivity contribution is 9.10. The summed E-state index contributed by atoms with van der Waals surface area (Å²) in [5.74, 6) is -1.15. The molecule has 1 aromatic rings. The van der Waals surface area contributed by atoms with Gasteiger partial charge in [-0.25, -0.2) is 8.78 Å². The van der Waals surface area contributed by atoms with Crippen LogP contribution in [0.2, 0.25) is 0 Å². The van der Waals surface area contributed by atoms with Crippen molar-refractivity contribution in [2.75, 3.05) is 20.2 Å². The zero-order valence-corrected chi connectivity index (χ0v) is 9.89. The van der Waals surface area contributed by atoms with E-state index in [0.29, 0.717) is 6.54 Å². The number of aliphatic hydroxyl groups excluding tert-OH is 1. The van der Waals surface area contributed by atoms with Crippen LogP contribution in [0.25, 0.3) is 0 Å². The van der Waals surface area contributed by atoms with Gasteiger partial charge in [-0.15, -0.1) is 0 Å². The number of halogens is 3. The van der Waals surface area contributed by atoms with Crippen LogP contribution in [0.1, 0.15) is 5.56 Å². The second kappa shape index (κ2) is 5.53. The zero-order chi connectivity index (χ0) is 11.4. The van der Waals surface area contributed by atoms with E-state index >= 15 is 0 Å². The van der Waals surface area contributed by atoms with Crippen molar-refractivity contribution in [1.29, 1.82) is 0 Å². The third-order valence-electron chi connectivity index (χ3n) is 2.05. The molecule has 0 bridgehead atoms. The van der Waals surface area contributed by atoms with Crippen molar-refractivity contribution in [2.45, 2.75) is 6.54 Å². The molecule has 0 atom stereocenters. The van der Waals surface area contributed by atoms with E-state index in [1.54, 1.807) is 11.9 Å². The van der Waals surface area contributed by atoms with Crippen LogP contribution in [0.3, 0.4) is 0 Å². The maximum atomic E-state index is 13.5. The standard InChI is InChI=1S/C10H12BrF2NO/c1-14(4-5-15)6-7-9(12)3-2-8(11)10(7)13/h2-3,15H,4-6H2,1H3. The number of hydrogen-bond donors (Lipinski definition) is 1. The van der Waals surface area contributed by atoms with Gasteiger partial charge in [-0.3, -0.25) is 4.90 Å². The Bertz CT molecular complexity index is 346. The summed E-state index contributed by atoms with van der Waals surface area (Å²) >= 11 is 3.00. The van der Waals surface area contributed by atoms with Crippen molar-refractivity contribution < 1.29 is 13.9 Å². The molecule has 0 unspecified atom stereocenters. The van der Waals surface area contributed by atoms with Crippen molar-refractivity contribution in [3.8, 4) is 0 Å². The maximum absolute atomic E-state index is 13.5. The predicted octanol–water partition coefficient (Wildman–Crippen LogP) is 2.15. The minimum atomic E-state index is -0.584. The van der Waals surface area contributed by atoms with E-state index in [1.165, 1.54) is 12.1 Å². The lowest BCUT2D eigenvalue weighted by atomic mass is 10.2. The summed E-state index contributed by atoms with van der Waals surface area (Å²) in [7, 11) is 1.69. The van der Waals surface area contributed by atoms with Crippen LogP contribution in [0, 0.1) is 11.6 Å². The summed E-state index contributed by atoms with van der Waals surface area (Å²) in [5.41, 5.74) is 0.0142. The second-order valence-corrected chi connectivity index (χ2v) is 4.14. The minimum absolute atomic E-state index is 0.0142. The average molecular weight is 280 g/mol. The molecule has 0 aromatic heterocycles. The Morgan fingerprint density at radius 2 is 2.07 bits per heavy atom. The molecular formula is C10H12BrF2NO. The molecule has 5 heteroatoms. The first-order valence-corrected chi connectivity index (χ1v) is 5.27. The molecule has 0 aliphatic rings. The van der Waals surface area contributed by atoms with Gasteiger partial charge in [-0.1, -0.05) is 0 Å². The Morgan fingerprint density at radius 3 is 2.67 bits per heavy atom. The van der Waals surface area contributed by atoms with Gasteiger partial charge >= 0.3 is 0 Å². The fourth-order valence-electron chi connectivity index (χ4n) is 1.23. The normalized spacial score (nSPS) is 11.1. The molecule has 84 valence electrons. The van der Waals surface area contributed by atoms with Gasteiger partial charge in [-0.05, 0) is 35.1 Å². The average Bonchev–Trinajstić information content (AvgIpc) is 2.19. The molecule has 0 radical (unpaired) electrons. The quantitative estimate of drug-likeness (QED) is 0.854. The molecule has 0 heterocycles. The van der Waals surface area contributed by atoms with Gasteiger partial charge < -0.3 is 5.11 Å².